The summed E-state index contributed by atoms with van der Waals surface area (Å²) in [6, 6.07) is 58.9. The second kappa shape index (κ2) is 14.1. The summed E-state index contributed by atoms with van der Waals surface area (Å²) < 4.78 is 18.0. The molecule has 0 amide bonds. The quantitative estimate of drug-likeness (QED) is 0.158. The van der Waals surface area contributed by atoms with Crippen LogP contribution in [0.4, 0.5) is 0 Å². The first-order valence-electron chi connectivity index (χ1n) is 20.9. The zero-order chi connectivity index (χ0) is 40.5. The van der Waals surface area contributed by atoms with Crippen LogP contribution in [0, 0.1) is 0 Å². The van der Waals surface area contributed by atoms with Crippen LogP contribution in [-0.2, 0) is 0 Å². The Kier molecular flexibility index (Phi) is 8.35. The number of nitrogens with zero attached hydrogens (tertiary/aromatic N) is 2. The summed E-state index contributed by atoms with van der Waals surface area (Å²) in [5.41, 5.74) is 14.8. The highest BCUT2D eigenvalue weighted by Crippen LogP contribution is 2.42. The maximum atomic E-state index is 6.63. The molecule has 0 spiro atoms. The fourth-order valence-electron chi connectivity index (χ4n) is 9.35. The summed E-state index contributed by atoms with van der Waals surface area (Å²) in [7, 11) is 0. The molecular formula is C56H42N2O2. The number of allylic oxidation sites excluding steroid dienone is 3. The van der Waals surface area contributed by atoms with Crippen molar-refractivity contribution in [1.82, 2.24) is 9.13 Å². The van der Waals surface area contributed by atoms with Gasteiger partial charge in [-0.05, 0) is 120 Å². The van der Waals surface area contributed by atoms with Crippen LogP contribution in [0.25, 0.3) is 116 Å². The van der Waals surface area contributed by atoms with Crippen LogP contribution >= 0.6 is 0 Å². The molecule has 0 unspecified atom stereocenters. The lowest BCUT2D eigenvalue weighted by Crippen LogP contribution is -1.93. The second-order valence-electron chi connectivity index (χ2n) is 15.2. The molecule has 4 heterocycles. The van der Waals surface area contributed by atoms with Gasteiger partial charge in [0.05, 0.1) is 22.1 Å². The van der Waals surface area contributed by atoms with Crippen LogP contribution < -0.4 is 0 Å². The number of aromatic nitrogens is 2. The molecule has 12 aromatic rings. The lowest BCUT2D eigenvalue weighted by atomic mass is 9.99. The van der Waals surface area contributed by atoms with Crippen molar-refractivity contribution >= 4 is 93.1 Å². The molecule has 0 bridgehead atoms. The molecule has 0 N–H and O–H groups in total. The van der Waals surface area contributed by atoms with Crippen LogP contribution in [0.2, 0.25) is 0 Å². The van der Waals surface area contributed by atoms with Crippen LogP contribution in [0.15, 0.2) is 191 Å². The van der Waals surface area contributed by atoms with Crippen molar-refractivity contribution in [3.8, 4) is 22.5 Å². The van der Waals surface area contributed by atoms with Crippen molar-refractivity contribution in [2.75, 3.05) is 0 Å². The van der Waals surface area contributed by atoms with Gasteiger partial charge in [-0.3, -0.25) is 0 Å². The highest BCUT2D eigenvalue weighted by atomic mass is 16.4. The van der Waals surface area contributed by atoms with E-state index in [4.69, 9.17) is 8.83 Å². The summed E-state index contributed by atoms with van der Waals surface area (Å²) >= 11 is 0. The number of para-hydroxylation sites is 3. The van der Waals surface area contributed by atoms with Gasteiger partial charge >= 0.3 is 0 Å². The predicted octanol–water partition coefficient (Wildman–Crippen LogP) is 16.4. The summed E-state index contributed by atoms with van der Waals surface area (Å²) in [6.45, 7) is 10.3. The van der Waals surface area contributed by atoms with Crippen molar-refractivity contribution in [3.63, 3.8) is 0 Å². The number of benzene rings is 8. The Bertz CT molecular complexity index is 3630. The van der Waals surface area contributed by atoms with Crippen molar-refractivity contribution in [1.29, 1.82) is 0 Å². The molecule has 4 aromatic heterocycles. The third-order valence-electron chi connectivity index (χ3n) is 12.0. The Morgan fingerprint density at radius 1 is 0.467 bits per heavy atom. The van der Waals surface area contributed by atoms with Crippen molar-refractivity contribution in [2.45, 2.75) is 27.2 Å². The Labute approximate surface area is 347 Å². The molecule has 12 rings (SSSR count). The van der Waals surface area contributed by atoms with Gasteiger partial charge in [0.15, 0.2) is 11.2 Å². The third-order valence-corrected chi connectivity index (χ3v) is 12.0. The molecule has 8 aromatic carbocycles. The average Bonchev–Trinajstić information content (AvgIpc) is 4.06. The van der Waals surface area contributed by atoms with Gasteiger partial charge in [-0.2, -0.15) is 0 Å². The van der Waals surface area contributed by atoms with E-state index in [-0.39, 0.29) is 0 Å². The molecule has 288 valence electrons. The molecule has 4 nitrogen and oxygen atoms in total. The van der Waals surface area contributed by atoms with Crippen LogP contribution in [0.3, 0.4) is 0 Å². The minimum absolute atomic E-state index is 0.770. The normalized spacial score (nSPS) is 12.2. The second-order valence-corrected chi connectivity index (χ2v) is 15.2. The zero-order valence-electron chi connectivity index (χ0n) is 33.9. The number of hydrogen-bond acceptors (Lipinski definition) is 2. The Morgan fingerprint density at radius 2 is 0.983 bits per heavy atom. The van der Waals surface area contributed by atoms with Crippen LogP contribution in [0.1, 0.15) is 32.8 Å². The molecule has 0 saturated heterocycles. The topological polar surface area (TPSA) is 36.1 Å². The lowest BCUT2D eigenvalue weighted by Gasteiger charge is -2.08. The number of furan rings is 2. The highest BCUT2D eigenvalue weighted by Gasteiger charge is 2.20. The first-order chi connectivity index (χ1) is 29.7. The van der Waals surface area contributed by atoms with E-state index in [0.29, 0.717) is 0 Å². The van der Waals surface area contributed by atoms with Gasteiger partial charge in [0, 0.05) is 54.5 Å². The third kappa shape index (κ3) is 5.31. The molecule has 0 atom stereocenters. The molecule has 0 fully saturated rings. The maximum Gasteiger partial charge on any atom is 0.178 e. The van der Waals surface area contributed by atoms with E-state index in [1.807, 2.05) is 19.9 Å². The van der Waals surface area contributed by atoms with E-state index >= 15 is 0 Å². The van der Waals surface area contributed by atoms with Crippen LogP contribution in [0.5, 0.6) is 0 Å². The summed E-state index contributed by atoms with van der Waals surface area (Å²) in [5, 5.41) is 9.12. The van der Waals surface area contributed by atoms with E-state index in [9.17, 15) is 0 Å². The molecule has 0 aliphatic rings. The minimum atomic E-state index is 0.770. The summed E-state index contributed by atoms with van der Waals surface area (Å²) in [5.74, 6) is 0. The van der Waals surface area contributed by atoms with E-state index in [1.165, 1.54) is 49.2 Å². The Hall–Kier alpha value is -7.56. The maximum absolute atomic E-state index is 6.63. The molecule has 4 heteroatoms. The fraction of sp³-hybridized carbons (Fsp3) is 0.0714. The minimum Gasteiger partial charge on any atom is -0.452 e. The molecule has 0 saturated carbocycles. The lowest BCUT2D eigenvalue weighted by molar-refractivity contribution is 0.633. The van der Waals surface area contributed by atoms with Gasteiger partial charge in [0.25, 0.3) is 0 Å². The van der Waals surface area contributed by atoms with Gasteiger partial charge in [0.2, 0.25) is 0 Å². The number of fused-ring (bicyclic) bond motifs is 13. The molecule has 0 radical (unpaired) electrons. The van der Waals surface area contributed by atoms with Crippen molar-refractivity contribution < 1.29 is 8.83 Å². The fourth-order valence-corrected chi connectivity index (χ4v) is 9.35. The highest BCUT2D eigenvalue weighted by molar-refractivity contribution is 6.20. The van der Waals surface area contributed by atoms with E-state index < -0.39 is 0 Å². The molecule has 0 aliphatic carbocycles. The number of hydrogen-bond donors (Lipinski definition) is 0. The molecule has 60 heavy (non-hydrogen) atoms. The van der Waals surface area contributed by atoms with Crippen molar-refractivity contribution in [3.05, 3.63) is 188 Å². The molecular weight excluding hydrogens is 733 g/mol. The Balaban J connectivity index is 0.00000201. The molecule has 0 aliphatic heterocycles. The van der Waals surface area contributed by atoms with Gasteiger partial charge in [-0.1, -0.05) is 112 Å². The first kappa shape index (κ1) is 35.6. The monoisotopic (exact) mass is 774 g/mol. The predicted molar refractivity (Wildman–Crippen MR) is 255 cm³/mol. The van der Waals surface area contributed by atoms with E-state index in [2.05, 4.69) is 193 Å². The van der Waals surface area contributed by atoms with Gasteiger partial charge in [-0.25, -0.2) is 0 Å². The summed E-state index contributed by atoms with van der Waals surface area (Å²) in [6.07, 6.45) is 5.15. The van der Waals surface area contributed by atoms with Gasteiger partial charge in [-0.15, -0.1) is 0 Å². The SMILES string of the molecule is C=C/C(=C\CC)c1ccc2c(c1)c1cc(-c3ccc4oc5c(ccc6c7cc(-n8c9ccccc9c9ccccc98)ccc7oc65)c4c3)ccc1n2-c1ccccc1.CC. The number of rotatable bonds is 6. The van der Waals surface area contributed by atoms with E-state index in [1.54, 1.807) is 0 Å². The Morgan fingerprint density at radius 3 is 1.63 bits per heavy atom. The van der Waals surface area contributed by atoms with E-state index in [0.717, 1.165) is 78.4 Å². The van der Waals surface area contributed by atoms with Crippen LogP contribution in [-0.4, -0.2) is 9.13 Å². The average molecular weight is 775 g/mol. The zero-order valence-corrected chi connectivity index (χ0v) is 33.9. The summed E-state index contributed by atoms with van der Waals surface area (Å²) in [4.78, 5) is 0. The largest absolute Gasteiger partial charge is 0.452 e. The van der Waals surface area contributed by atoms with Gasteiger partial charge < -0.3 is 18.0 Å². The first-order valence-corrected chi connectivity index (χ1v) is 20.9. The van der Waals surface area contributed by atoms with Gasteiger partial charge in [0.1, 0.15) is 11.2 Å². The standard InChI is InChI=1S/C54H36N2O2.C2H6/c1-3-12-33(4-2)34-19-25-49-43(29-34)44-30-35(20-26-50(44)55(49)37-13-6-5-7-14-37)36-21-27-51-45(31-36)41-23-24-42-46-32-38(22-28-52(46)58-54(42)53(41)57-51)56-47-17-10-8-15-39(47)40-16-9-11-18-48(40)56;1-2/h4-32H,2-3H2,1H3;1-2H3/b33-12+;. The smallest absolute Gasteiger partial charge is 0.178 e. The van der Waals surface area contributed by atoms with Crippen molar-refractivity contribution in [2.24, 2.45) is 0 Å².